The van der Waals surface area contributed by atoms with Crippen LogP contribution in [0.15, 0.2) is 0 Å². The second-order valence-corrected chi connectivity index (χ2v) is 3.23. The Hall–Kier alpha value is -1.06. The van der Waals surface area contributed by atoms with Crippen molar-refractivity contribution in [2.24, 2.45) is 11.8 Å². The van der Waals surface area contributed by atoms with Gasteiger partial charge in [0.25, 0.3) is 0 Å². The SMILES string of the molecule is CC(C(=O)O)C1CCNC(=O)C1. The summed E-state index contributed by atoms with van der Waals surface area (Å²) in [5.41, 5.74) is 0. The molecule has 1 amide bonds. The lowest BCUT2D eigenvalue weighted by molar-refractivity contribution is -0.143. The first-order chi connectivity index (χ1) is 5.61. The van der Waals surface area contributed by atoms with E-state index in [2.05, 4.69) is 5.32 Å². The Kier molecular flexibility index (Phi) is 2.68. The van der Waals surface area contributed by atoms with Crippen molar-refractivity contribution >= 4 is 11.9 Å². The van der Waals surface area contributed by atoms with Crippen molar-refractivity contribution in [1.82, 2.24) is 5.32 Å². The highest BCUT2D eigenvalue weighted by Crippen LogP contribution is 2.21. The Morgan fingerprint density at radius 3 is 2.92 bits per heavy atom. The number of carbonyl (C=O) groups is 2. The summed E-state index contributed by atoms with van der Waals surface area (Å²) < 4.78 is 0. The van der Waals surface area contributed by atoms with E-state index in [1.165, 1.54) is 0 Å². The average molecular weight is 171 g/mol. The fourth-order valence-corrected chi connectivity index (χ4v) is 1.44. The molecule has 2 atom stereocenters. The van der Waals surface area contributed by atoms with Crippen LogP contribution < -0.4 is 5.32 Å². The van der Waals surface area contributed by atoms with E-state index in [4.69, 9.17) is 5.11 Å². The Balaban J connectivity index is 2.51. The van der Waals surface area contributed by atoms with Gasteiger partial charge in [-0.2, -0.15) is 0 Å². The lowest BCUT2D eigenvalue weighted by atomic mass is 9.86. The van der Waals surface area contributed by atoms with Gasteiger partial charge in [0.15, 0.2) is 0 Å². The molecule has 1 fully saturated rings. The standard InChI is InChI=1S/C8H13NO3/c1-5(8(11)12)6-2-3-9-7(10)4-6/h5-6H,2-4H2,1H3,(H,9,10)(H,11,12). The van der Waals surface area contributed by atoms with E-state index >= 15 is 0 Å². The largest absolute Gasteiger partial charge is 0.481 e. The predicted molar refractivity (Wildman–Crippen MR) is 42.5 cm³/mol. The van der Waals surface area contributed by atoms with Crippen molar-refractivity contribution in [3.8, 4) is 0 Å². The zero-order valence-electron chi connectivity index (χ0n) is 7.04. The number of carboxylic acids is 1. The Bertz CT molecular complexity index is 200. The lowest BCUT2D eigenvalue weighted by Gasteiger charge is -2.24. The zero-order chi connectivity index (χ0) is 9.14. The van der Waals surface area contributed by atoms with E-state index in [9.17, 15) is 9.59 Å². The Morgan fingerprint density at radius 2 is 2.42 bits per heavy atom. The first-order valence-corrected chi connectivity index (χ1v) is 4.10. The van der Waals surface area contributed by atoms with Gasteiger partial charge in [0.2, 0.25) is 5.91 Å². The summed E-state index contributed by atoms with van der Waals surface area (Å²) in [6, 6.07) is 0. The average Bonchev–Trinajstić information content (AvgIpc) is 2.03. The van der Waals surface area contributed by atoms with Crippen LogP contribution in [0.25, 0.3) is 0 Å². The second kappa shape index (κ2) is 3.56. The maximum Gasteiger partial charge on any atom is 0.306 e. The number of amides is 1. The molecule has 4 nitrogen and oxygen atoms in total. The van der Waals surface area contributed by atoms with Crippen molar-refractivity contribution < 1.29 is 14.7 Å². The quantitative estimate of drug-likeness (QED) is 0.625. The molecule has 2 N–H and O–H groups in total. The van der Waals surface area contributed by atoms with Gasteiger partial charge in [-0.1, -0.05) is 6.92 Å². The van der Waals surface area contributed by atoms with Crippen molar-refractivity contribution in [3.63, 3.8) is 0 Å². The topological polar surface area (TPSA) is 66.4 Å². The number of rotatable bonds is 2. The molecule has 0 aromatic rings. The summed E-state index contributed by atoms with van der Waals surface area (Å²) in [5.74, 6) is -1.23. The van der Waals surface area contributed by atoms with Crippen molar-refractivity contribution in [2.45, 2.75) is 19.8 Å². The van der Waals surface area contributed by atoms with Crippen LogP contribution in [-0.4, -0.2) is 23.5 Å². The molecule has 0 aromatic heterocycles. The van der Waals surface area contributed by atoms with Gasteiger partial charge in [0.1, 0.15) is 0 Å². The molecule has 0 radical (unpaired) electrons. The monoisotopic (exact) mass is 171 g/mol. The van der Waals surface area contributed by atoms with Crippen LogP contribution in [-0.2, 0) is 9.59 Å². The van der Waals surface area contributed by atoms with Crippen LogP contribution in [0, 0.1) is 11.8 Å². The molecule has 0 saturated carbocycles. The van der Waals surface area contributed by atoms with E-state index in [1.54, 1.807) is 6.92 Å². The number of piperidine rings is 1. The van der Waals surface area contributed by atoms with Crippen LogP contribution in [0.5, 0.6) is 0 Å². The van der Waals surface area contributed by atoms with Crippen molar-refractivity contribution in [3.05, 3.63) is 0 Å². The van der Waals surface area contributed by atoms with E-state index in [-0.39, 0.29) is 11.8 Å². The van der Waals surface area contributed by atoms with Crippen LogP contribution in [0.3, 0.4) is 0 Å². The van der Waals surface area contributed by atoms with Gasteiger partial charge < -0.3 is 10.4 Å². The van der Waals surface area contributed by atoms with Gasteiger partial charge in [-0.05, 0) is 12.3 Å². The predicted octanol–water partition coefficient (Wildman–Crippen LogP) is 0.233. The third-order valence-corrected chi connectivity index (χ3v) is 2.38. The summed E-state index contributed by atoms with van der Waals surface area (Å²) in [6.07, 6.45) is 1.13. The Labute approximate surface area is 71.0 Å². The highest BCUT2D eigenvalue weighted by molar-refractivity contribution is 5.78. The fraction of sp³-hybridized carbons (Fsp3) is 0.750. The van der Waals surface area contributed by atoms with Gasteiger partial charge in [-0.3, -0.25) is 9.59 Å². The normalized spacial score (nSPS) is 26.1. The molecular weight excluding hydrogens is 158 g/mol. The highest BCUT2D eigenvalue weighted by Gasteiger charge is 2.28. The number of carbonyl (C=O) groups excluding carboxylic acids is 1. The molecule has 0 aliphatic carbocycles. The smallest absolute Gasteiger partial charge is 0.306 e. The minimum Gasteiger partial charge on any atom is -0.481 e. The molecular formula is C8H13NO3. The van der Waals surface area contributed by atoms with Crippen molar-refractivity contribution in [1.29, 1.82) is 0 Å². The summed E-state index contributed by atoms with van der Waals surface area (Å²) in [7, 11) is 0. The van der Waals surface area contributed by atoms with Gasteiger partial charge in [-0.15, -0.1) is 0 Å². The van der Waals surface area contributed by atoms with Gasteiger partial charge in [0, 0.05) is 13.0 Å². The molecule has 4 heteroatoms. The number of carboxylic acid groups (broad SMARTS) is 1. The van der Waals surface area contributed by atoms with Gasteiger partial charge in [-0.25, -0.2) is 0 Å². The fourth-order valence-electron chi connectivity index (χ4n) is 1.44. The maximum atomic E-state index is 10.9. The maximum absolute atomic E-state index is 10.9. The van der Waals surface area contributed by atoms with Gasteiger partial charge in [0.05, 0.1) is 5.92 Å². The number of hydrogen-bond acceptors (Lipinski definition) is 2. The third kappa shape index (κ3) is 1.96. The summed E-state index contributed by atoms with van der Waals surface area (Å²) in [6.45, 7) is 2.27. The van der Waals surface area contributed by atoms with E-state index < -0.39 is 11.9 Å². The van der Waals surface area contributed by atoms with Crippen molar-refractivity contribution in [2.75, 3.05) is 6.54 Å². The molecule has 0 spiro atoms. The molecule has 1 aliphatic heterocycles. The summed E-state index contributed by atoms with van der Waals surface area (Å²) in [4.78, 5) is 21.5. The van der Waals surface area contributed by atoms with Crippen LogP contribution in [0.2, 0.25) is 0 Å². The van der Waals surface area contributed by atoms with E-state index in [1.807, 2.05) is 0 Å². The highest BCUT2D eigenvalue weighted by atomic mass is 16.4. The van der Waals surface area contributed by atoms with Crippen LogP contribution in [0.4, 0.5) is 0 Å². The zero-order valence-corrected chi connectivity index (χ0v) is 7.04. The molecule has 68 valence electrons. The second-order valence-electron chi connectivity index (χ2n) is 3.23. The minimum absolute atomic E-state index is 0.0104. The first kappa shape index (κ1) is 9.03. The van der Waals surface area contributed by atoms with Crippen LogP contribution in [0.1, 0.15) is 19.8 Å². The van der Waals surface area contributed by atoms with Crippen LogP contribution >= 0.6 is 0 Å². The minimum atomic E-state index is -0.810. The van der Waals surface area contributed by atoms with E-state index in [0.29, 0.717) is 13.0 Å². The Morgan fingerprint density at radius 1 is 1.75 bits per heavy atom. The molecule has 1 aliphatic rings. The summed E-state index contributed by atoms with van der Waals surface area (Å²) >= 11 is 0. The molecule has 0 aromatic carbocycles. The molecule has 0 bridgehead atoms. The van der Waals surface area contributed by atoms with Gasteiger partial charge >= 0.3 is 5.97 Å². The number of aliphatic carboxylic acids is 1. The first-order valence-electron chi connectivity index (χ1n) is 4.10. The third-order valence-electron chi connectivity index (χ3n) is 2.38. The number of hydrogen-bond donors (Lipinski definition) is 2. The molecule has 2 unspecified atom stereocenters. The molecule has 12 heavy (non-hydrogen) atoms. The summed E-state index contributed by atoms with van der Waals surface area (Å²) in [5, 5.41) is 11.4. The lowest BCUT2D eigenvalue weighted by Crippen LogP contribution is -2.37. The molecule has 1 saturated heterocycles. The number of nitrogens with one attached hydrogen (secondary N) is 1. The molecule has 1 heterocycles. The van der Waals surface area contributed by atoms with E-state index in [0.717, 1.165) is 6.42 Å². The molecule has 1 rings (SSSR count).